The van der Waals surface area contributed by atoms with E-state index in [0.717, 1.165) is 28.8 Å². The second kappa shape index (κ2) is 7.84. The first-order valence-corrected chi connectivity index (χ1v) is 10.6. The summed E-state index contributed by atoms with van der Waals surface area (Å²) in [5.41, 5.74) is 4.73. The molecule has 0 saturated carbocycles. The highest BCUT2D eigenvalue weighted by Gasteiger charge is 2.37. The predicted octanol–water partition coefficient (Wildman–Crippen LogP) is 4.49. The molecule has 0 spiro atoms. The molecule has 0 aliphatic carbocycles. The summed E-state index contributed by atoms with van der Waals surface area (Å²) in [6, 6.07) is 20.3. The van der Waals surface area contributed by atoms with E-state index in [1.54, 1.807) is 17.0 Å². The molecule has 1 atom stereocenters. The summed E-state index contributed by atoms with van der Waals surface area (Å²) in [7, 11) is 0. The smallest absolute Gasteiger partial charge is 0.272 e. The van der Waals surface area contributed by atoms with Gasteiger partial charge in [0, 0.05) is 23.2 Å². The summed E-state index contributed by atoms with van der Waals surface area (Å²) >= 11 is 12.0. The van der Waals surface area contributed by atoms with E-state index in [1.807, 2.05) is 48.5 Å². The maximum atomic E-state index is 13.4. The summed E-state index contributed by atoms with van der Waals surface area (Å²) in [4.78, 5) is 32.8. The van der Waals surface area contributed by atoms with E-state index < -0.39 is 12.1 Å². The first-order chi connectivity index (χ1) is 15.0. The maximum Gasteiger partial charge on any atom is 0.272 e. The summed E-state index contributed by atoms with van der Waals surface area (Å²) < 4.78 is 0. The average molecular weight is 450 g/mol. The minimum atomic E-state index is -1.06. The SMILES string of the molecule is O=C(NC1N=C(c2ccccc2)c2cccc3c2N(CC3)C1=O)c1ccc(Cl)c(Cl)c1. The van der Waals surface area contributed by atoms with Crippen molar-refractivity contribution in [3.63, 3.8) is 0 Å². The normalized spacial score (nSPS) is 17.1. The van der Waals surface area contributed by atoms with Crippen LogP contribution in [0.15, 0.2) is 71.7 Å². The first-order valence-electron chi connectivity index (χ1n) is 9.86. The lowest BCUT2D eigenvalue weighted by molar-refractivity contribution is -0.120. The van der Waals surface area contributed by atoms with E-state index in [4.69, 9.17) is 28.2 Å². The van der Waals surface area contributed by atoms with Gasteiger partial charge >= 0.3 is 0 Å². The second-order valence-electron chi connectivity index (χ2n) is 7.40. The van der Waals surface area contributed by atoms with Crippen molar-refractivity contribution in [1.82, 2.24) is 5.32 Å². The fraction of sp³-hybridized carbons (Fsp3) is 0.125. The quantitative estimate of drug-likeness (QED) is 0.639. The van der Waals surface area contributed by atoms with Gasteiger partial charge in [0.15, 0.2) is 0 Å². The number of carbonyl (C=O) groups excluding carboxylic acids is 2. The Hall–Kier alpha value is -3.15. The Morgan fingerprint density at radius 3 is 2.58 bits per heavy atom. The third kappa shape index (κ3) is 3.50. The zero-order chi connectivity index (χ0) is 21.5. The molecule has 5 rings (SSSR count). The Morgan fingerprint density at radius 2 is 1.81 bits per heavy atom. The molecule has 1 N–H and O–H groups in total. The van der Waals surface area contributed by atoms with Gasteiger partial charge in [0.05, 0.1) is 21.4 Å². The minimum Gasteiger partial charge on any atom is -0.322 e. The highest BCUT2D eigenvalue weighted by atomic mass is 35.5. The lowest BCUT2D eigenvalue weighted by Gasteiger charge is -2.21. The first kappa shape index (κ1) is 19.8. The van der Waals surface area contributed by atoms with Crippen LogP contribution in [0.3, 0.4) is 0 Å². The molecule has 0 bridgehead atoms. The number of carbonyl (C=O) groups is 2. The van der Waals surface area contributed by atoms with E-state index in [9.17, 15) is 9.59 Å². The average Bonchev–Trinajstić information content (AvgIpc) is 3.18. The monoisotopic (exact) mass is 449 g/mol. The Bertz CT molecular complexity index is 1240. The number of nitrogens with zero attached hydrogens (tertiary/aromatic N) is 2. The molecule has 154 valence electrons. The molecule has 0 aromatic heterocycles. The van der Waals surface area contributed by atoms with Crippen LogP contribution >= 0.6 is 23.2 Å². The van der Waals surface area contributed by atoms with Gasteiger partial charge in [-0.25, -0.2) is 4.99 Å². The number of rotatable bonds is 3. The van der Waals surface area contributed by atoms with Crippen molar-refractivity contribution in [2.75, 3.05) is 11.4 Å². The largest absolute Gasteiger partial charge is 0.322 e. The third-order valence-corrected chi connectivity index (χ3v) is 6.24. The van der Waals surface area contributed by atoms with E-state index in [0.29, 0.717) is 22.8 Å². The summed E-state index contributed by atoms with van der Waals surface area (Å²) in [6.07, 6.45) is -0.291. The lowest BCUT2D eigenvalue weighted by Crippen LogP contribution is -2.47. The van der Waals surface area contributed by atoms with Crippen LogP contribution in [0.2, 0.25) is 10.0 Å². The molecule has 3 aromatic carbocycles. The molecule has 1 unspecified atom stereocenters. The molecule has 0 radical (unpaired) electrons. The number of para-hydroxylation sites is 1. The van der Waals surface area contributed by atoms with Crippen LogP contribution in [0.4, 0.5) is 5.69 Å². The fourth-order valence-corrected chi connectivity index (χ4v) is 4.33. The van der Waals surface area contributed by atoms with Gasteiger partial charge in [0.25, 0.3) is 11.8 Å². The molecule has 5 nitrogen and oxygen atoms in total. The minimum absolute atomic E-state index is 0.259. The van der Waals surface area contributed by atoms with Crippen molar-refractivity contribution in [1.29, 1.82) is 0 Å². The number of anilines is 1. The molecule has 2 aliphatic rings. The Morgan fingerprint density at radius 1 is 1.00 bits per heavy atom. The Balaban J connectivity index is 1.59. The fourth-order valence-electron chi connectivity index (χ4n) is 4.03. The Labute approximate surface area is 189 Å². The maximum absolute atomic E-state index is 13.4. The van der Waals surface area contributed by atoms with Crippen LogP contribution in [-0.4, -0.2) is 30.2 Å². The van der Waals surface area contributed by atoms with Gasteiger partial charge in [-0.05, 0) is 30.2 Å². The number of benzene rings is 3. The van der Waals surface area contributed by atoms with Crippen molar-refractivity contribution in [2.24, 2.45) is 4.99 Å². The van der Waals surface area contributed by atoms with Crippen molar-refractivity contribution >= 4 is 46.4 Å². The Kier molecular flexibility index (Phi) is 5.00. The number of hydrogen-bond acceptors (Lipinski definition) is 3. The second-order valence-corrected chi connectivity index (χ2v) is 8.22. The van der Waals surface area contributed by atoms with E-state index in [2.05, 4.69) is 5.32 Å². The zero-order valence-electron chi connectivity index (χ0n) is 16.3. The molecule has 2 amide bonds. The van der Waals surface area contributed by atoms with Crippen LogP contribution in [0.25, 0.3) is 0 Å². The molecule has 2 heterocycles. The van der Waals surface area contributed by atoms with Gasteiger partial charge in [-0.3, -0.25) is 9.59 Å². The third-order valence-electron chi connectivity index (χ3n) is 5.50. The van der Waals surface area contributed by atoms with Crippen molar-refractivity contribution in [3.8, 4) is 0 Å². The van der Waals surface area contributed by atoms with Gasteiger partial charge in [0.2, 0.25) is 6.17 Å². The van der Waals surface area contributed by atoms with Crippen LogP contribution in [0.5, 0.6) is 0 Å². The van der Waals surface area contributed by atoms with E-state index in [-0.39, 0.29) is 10.9 Å². The summed E-state index contributed by atoms with van der Waals surface area (Å²) in [5.74, 6) is -0.705. The van der Waals surface area contributed by atoms with E-state index >= 15 is 0 Å². The van der Waals surface area contributed by atoms with E-state index in [1.165, 1.54) is 6.07 Å². The molecule has 0 saturated heterocycles. The van der Waals surface area contributed by atoms with Gasteiger partial charge in [0.1, 0.15) is 0 Å². The number of aliphatic imine (C=N–C) groups is 1. The predicted molar refractivity (Wildman–Crippen MR) is 122 cm³/mol. The number of nitrogens with one attached hydrogen (secondary N) is 1. The molecule has 0 fully saturated rings. The molecule has 31 heavy (non-hydrogen) atoms. The zero-order valence-corrected chi connectivity index (χ0v) is 17.8. The molecule has 2 aliphatic heterocycles. The molecular formula is C24H17Cl2N3O2. The van der Waals surface area contributed by atoms with Crippen LogP contribution in [0, 0.1) is 0 Å². The van der Waals surface area contributed by atoms with Crippen molar-refractivity contribution in [3.05, 3.63) is 99.0 Å². The standard InChI is InChI=1S/C24H17Cl2N3O2/c25-18-10-9-16(13-19(18)26)23(30)28-22-24(31)29-12-11-15-7-4-8-17(21(15)29)20(27-22)14-5-2-1-3-6-14/h1-10,13,22H,11-12H2,(H,28,30). The van der Waals surface area contributed by atoms with Gasteiger partial charge in [-0.1, -0.05) is 71.7 Å². The molecule has 7 heteroatoms. The van der Waals surface area contributed by atoms with Crippen LogP contribution in [0.1, 0.15) is 27.0 Å². The molecule has 3 aromatic rings. The number of halogens is 2. The van der Waals surface area contributed by atoms with Crippen molar-refractivity contribution < 1.29 is 9.59 Å². The highest BCUT2D eigenvalue weighted by Crippen LogP contribution is 2.36. The number of amides is 2. The van der Waals surface area contributed by atoms with Gasteiger partial charge in [-0.15, -0.1) is 0 Å². The van der Waals surface area contributed by atoms with Crippen LogP contribution in [-0.2, 0) is 11.2 Å². The topological polar surface area (TPSA) is 61.8 Å². The molecular weight excluding hydrogens is 433 g/mol. The van der Waals surface area contributed by atoms with Gasteiger partial charge < -0.3 is 10.2 Å². The summed E-state index contributed by atoms with van der Waals surface area (Å²) in [5, 5.41) is 3.40. The highest BCUT2D eigenvalue weighted by molar-refractivity contribution is 6.42. The van der Waals surface area contributed by atoms with Crippen LogP contribution < -0.4 is 10.2 Å². The van der Waals surface area contributed by atoms with Crippen molar-refractivity contribution in [2.45, 2.75) is 12.6 Å². The van der Waals surface area contributed by atoms with Gasteiger partial charge in [-0.2, -0.15) is 0 Å². The summed E-state index contributed by atoms with van der Waals surface area (Å²) in [6.45, 7) is 0.557. The number of hydrogen-bond donors (Lipinski definition) is 1. The lowest BCUT2D eigenvalue weighted by atomic mass is 9.98.